The van der Waals surface area contributed by atoms with Crippen LogP contribution in [0.15, 0.2) is 0 Å². The molecule has 0 unspecified atom stereocenters. The van der Waals surface area contributed by atoms with E-state index in [2.05, 4.69) is 11.8 Å². The van der Waals surface area contributed by atoms with Gasteiger partial charge < -0.3 is 10.0 Å². The molecule has 1 heterocycles. The Bertz CT molecular complexity index is 258. The Labute approximate surface area is 93.7 Å². The maximum absolute atomic E-state index is 10.1. The van der Waals surface area contributed by atoms with Crippen LogP contribution in [-0.2, 0) is 0 Å². The molecular formula is C13H24NO+. The largest absolute Gasteiger partial charge is 0.377 e. The Morgan fingerprint density at radius 3 is 2.13 bits per heavy atom. The van der Waals surface area contributed by atoms with Crippen molar-refractivity contribution in [3.8, 4) is 11.8 Å². The van der Waals surface area contributed by atoms with E-state index in [1.807, 2.05) is 20.8 Å². The molecule has 1 fully saturated rings. The van der Waals surface area contributed by atoms with E-state index in [9.17, 15) is 5.11 Å². The van der Waals surface area contributed by atoms with Gasteiger partial charge in [-0.2, -0.15) is 0 Å². The van der Waals surface area contributed by atoms with Crippen LogP contribution in [0.25, 0.3) is 0 Å². The Balaban J connectivity index is 2.49. The summed E-state index contributed by atoms with van der Waals surface area (Å²) < 4.78 is 0. The number of rotatable bonds is 1. The SMILES string of the molecule is CC(C)(C)[C@@](C)(O)C#CC[NH+]1CCCC1. The first-order valence-corrected chi connectivity index (χ1v) is 5.89. The molecule has 0 aromatic carbocycles. The second-order valence-electron chi connectivity index (χ2n) is 5.76. The summed E-state index contributed by atoms with van der Waals surface area (Å²) in [5, 5.41) is 10.1. The molecule has 0 radical (unpaired) electrons. The highest BCUT2D eigenvalue weighted by Crippen LogP contribution is 2.28. The van der Waals surface area contributed by atoms with Crippen molar-refractivity contribution >= 4 is 0 Å². The summed E-state index contributed by atoms with van der Waals surface area (Å²) in [5.74, 6) is 6.15. The fourth-order valence-corrected chi connectivity index (χ4v) is 1.58. The van der Waals surface area contributed by atoms with Gasteiger partial charge in [0.15, 0.2) is 0 Å². The van der Waals surface area contributed by atoms with Gasteiger partial charge in [0.25, 0.3) is 0 Å². The second-order valence-corrected chi connectivity index (χ2v) is 5.76. The third kappa shape index (κ3) is 3.52. The Hall–Kier alpha value is -0.520. The van der Waals surface area contributed by atoms with Gasteiger partial charge in [-0.15, -0.1) is 0 Å². The number of aliphatic hydroxyl groups is 1. The van der Waals surface area contributed by atoms with Gasteiger partial charge in [-0.05, 0) is 12.8 Å². The van der Waals surface area contributed by atoms with Crippen LogP contribution in [-0.4, -0.2) is 30.3 Å². The maximum Gasteiger partial charge on any atom is 0.139 e. The van der Waals surface area contributed by atoms with Crippen LogP contribution in [0.4, 0.5) is 0 Å². The van der Waals surface area contributed by atoms with Crippen molar-refractivity contribution in [2.45, 2.75) is 46.1 Å². The van der Waals surface area contributed by atoms with E-state index in [0.29, 0.717) is 0 Å². The van der Waals surface area contributed by atoms with Crippen molar-refractivity contribution in [1.82, 2.24) is 0 Å². The molecule has 1 aliphatic rings. The minimum atomic E-state index is -0.883. The van der Waals surface area contributed by atoms with Crippen molar-refractivity contribution in [3.05, 3.63) is 0 Å². The first-order valence-electron chi connectivity index (χ1n) is 5.89. The zero-order valence-corrected chi connectivity index (χ0v) is 10.5. The minimum absolute atomic E-state index is 0.180. The van der Waals surface area contributed by atoms with E-state index in [-0.39, 0.29) is 5.41 Å². The molecule has 0 aromatic heterocycles. The minimum Gasteiger partial charge on any atom is -0.377 e. The molecule has 0 bridgehead atoms. The van der Waals surface area contributed by atoms with Crippen LogP contribution in [0.2, 0.25) is 0 Å². The lowest BCUT2D eigenvalue weighted by Gasteiger charge is -2.32. The van der Waals surface area contributed by atoms with E-state index in [1.54, 1.807) is 11.8 Å². The zero-order valence-electron chi connectivity index (χ0n) is 10.5. The molecule has 1 rings (SSSR count). The number of likely N-dealkylation sites (tertiary alicyclic amines) is 1. The Morgan fingerprint density at radius 1 is 1.13 bits per heavy atom. The van der Waals surface area contributed by atoms with Gasteiger partial charge >= 0.3 is 0 Å². The molecule has 1 saturated heterocycles. The Kier molecular flexibility index (Phi) is 3.81. The van der Waals surface area contributed by atoms with Crippen molar-refractivity contribution in [1.29, 1.82) is 0 Å². The molecule has 1 atom stereocenters. The van der Waals surface area contributed by atoms with Crippen molar-refractivity contribution < 1.29 is 10.0 Å². The average molecular weight is 210 g/mol. The van der Waals surface area contributed by atoms with Gasteiger partial charge in [0.05, 0.1) is 13.1 Å². The van der Waals surface area contributed by atoms with E-state index in [4.69, 9.17) is 0 Å². The smallest absolute Gasteiger partial charge is 0.139 e. The topological polar surface area (TPSA) is 24.7 Å². The Morgan fingerprint density at radius 2 is 1.67 bits per heavy atom. The normalized spacial score (nSPS) is 21.9. The molecule has 2 nitrogen and oxygen atoms in total. The maximum atomic E-state index is 10.1. The van der Waals surface area contributed by atoms with Crippen LogP contribution >= 0.6 is 0 Å². The van der Waals surface area contributed by atoms with Gasteiger partial charge in [0.2, 0.25) is 0 Å². The molecule has 0 amide bonds. The first-order chi connectivity index (χ1) is 6.83. The molecule has 0 saturated carbocycles. The summed E-state index contributed by atoms with van der Waals surface area (Å²) >= 11 is 0. The predicted octanol–water partition coefficient (Wildman–Crippen LogP) is 0.466. The second kappa shape index (κ2) is 4.55. The van der Waals surface area contributed by atoms with Crippen LogP contribution in [0.3, 0.4) is 0 Å². The molecule has 1 aliphatic heterocycles. The fraction of sp³-hybridized carbons (Fsp3) is 0.846. The molecule has 0 aromatic rings. The van der Waals surface area contributed by atoms with Crippen molar-refractivity contribution in [2.24, 2.45) is 5.41 Å². The van der Waals surface area contributed by atoms with E-state index in [1.165, 1.54) is 25.9 Å². The summed E-state index contributed by atoms with van der Waals surface area (Å²) in [6, 6.07) is 0. The van der Waals surface area contributed by atoms with Crippen molar-refractivity contribution in [2.75, 3.05) is 19.6 Å². The van der Waals surface area contributed by atoms with Crippen LogP contribution in [0.1, 0.15) is 40.5 Å². The standard InChI is InChI=1S/C13H23NO/c1-12(2,3)13(4,15)8-7-11-14-9-5-6-10-14/h15H,5-6,9-11H2,1-4H3/p+1/t13-/m0/s1. The molecule has 2 N–H and O–H groups in total. The third-order valence-electron chi connectivity index (χ3n) is 3.44. The zero-order chi connectivity index (χ0) is 11.5. The van der Waals surface area contributed by atoms with Crippen LogP contribution in [0, 0.1) is 17.3 Å². The van der Waals surface area contributed by atoms with Gasteiger partial charge in [0, 0.05) is 18.3 Å². The lowest BCUT2D eigenvalue weighted by molar-refractivity contribution is -0.879. The number of hydrogen-bond acceptors (Lipinski definition) is 1. The number of quaternary nitrogens is 1. The third-order valence-corrected chi connectivity index (χ3v) is 3.44. The molecule has 15 heavy (non-hydrogen) atoms. The van der Waals surface area contributed by atoms with Gasteiger partial charge in [-0.1, -0.05) is 26.7 Å². The van der Waals surface area contributed by atoms with Gasteiger partial charge in [-0.3, -0.25) is 0 Å². The molecular weight excluding hydrogens is 186 g/mol. The summed E-state index contributed by atoms with van der Waals surface area (Å²) in [4.78, 5) is 1.56. The van der Waals surface area contributed by atoms with Crippen LogP contribution < -0.4 is 4.90 Å². The molecule has 86 valence electrons. The quantitative estimate of drug-likeness (QED) is 0.604. The lowest BCUT2D eigenvalue weighted by atomic mass is 9.78. The highest BCUT2D eigenvalue weighted by atomic mass is 16.3. The van der Waals surface area contributed by atoms with E-state index < -0.39 is 5.60 Å². The first kappa shape index (κ1) is 12.5. The molecule has 0 aliphatic carbocycles. The van der Waals surface area contributed by atoms with Crippen LogP contribution in [0.5, 0.6) is 0 Å². The number of hydrogen-bond donors (Lipinski definition) is 2. The summed E-state index contributed by atoms with van der Waals surface area (Å²) in [6.07, 6.45) is 2.65. The van der Waals surface area contributed by atoms with Gasteiger partial charge in [0.1, 0.15) is 12.1 Å². The molecule has 0 spiro atoms. The molecule has 2 heteroatoms. The van der Waals surface area contributed by atoms with E-state index in [0.717, 1.165) is 6.54 Å². The van der Waals surface area contributed by atoms with E-state index >= 15 is 0 Å². The summed E-state index contributed by atoms with van der Waals surface area (Å²) in [5.41, 5.74) is -1.06. The highest BCUT2D eigenvalue weighted by Gasteiger charge is 2.33. The lowest BCUT2D eigenvalue weighted by Crippen LogP contribution is -3.09. The van der Waals surface area contributed by atoms with Crippen molar-refractivity contribution in [3.63, 3.8) is 0 Å². The number of nitrogens with one attached hydrogen (secondary N) is 1. The fourth-order valence-electron chi connectivity index (χ4n) is 1.58. The average Bonchev–Trinajstić information content (AvgIpc) is 2.54. The summed E-state index contributed by atoms with van der Waals surface area (Å²) in [7, 11) is 0. The van der Waals surface area contributed by atoms with Gasteiger partial charge in [-0.25, -0.2) is 0 Å². The monoisotopic (exact) mass is 210 g/mol. The highest BCUT2D eigenvalue weighted by molar-refractivity contribution is 5.16. The predicted molar refractivity (Wildman–Crippen MR) is 62.7 cm³/mol. The summed E-state index contributed by atoms with van der Waals surface area (Å²) in [6.45, 7) is 11.2.